The normalized spacial score (nSPS) is 12.3. The molecule has 4 aromatic carbocycles. The van der Waals surface area contributed by atoms with E-state index in [0.717, 1.165) is 23.9 Å². The molecule has 0 radical (unpaired) electrons. The van der Waals surface area contributed by atoms with Gasteiger partial charge in [0.1, 0.15) is 28.5 Å². The van der Waals surface area contributed by atoms with Gasteiger partial charge in [-0.05, 0) is 77.1 Å². The summed E-state index contributed by atoms with van der Waals surface area (Å²) in [6, 6.07) is 10.6. The third kappa shape index (κ3) is 13.1. The van der Waals surface area contributed by atoms with Crippen LogP contribution >= 0.6 is 35.8 Å². The minimum atomic E-state index is -4.90. The molecule has 58 heavy (non-hydrogen) atoms. The van der Waals surface area contributed by atoms with Gasteiger partial charge in [0.2, 0.25) is 0 Å². The van der Waals surface area contributed by atoms with Gasteiger partial charge in [-0.3, -0.25) is 14.0 Å². The number of nitrogens with zero attached hydrogens (tertiary/aromatic N) is 4. The quantitative estimate of drug-likeness (QED) is 0.00855. The van der Waals surface area contributed by atoms with Gasteiger partial charge in [0.15, 0.2) is 21.7 Å². The van der Waals surface area contributed by atoms with E-state index in [2.05, 4.69) is 57.9 Å². The van der Waals surface area contributed by atoms with Gasteiger partial charge in [-0.2, -0.15) is 16.8 Å². The molecular weight excluding hydrogens is 903 g/mol. The average molecular weight is 928 g/mol. The van der Waals surface area contributed by atoms with Gasteiger partial charge >= 0.3 is 20.8 Å². The van der Waals surface area contributed by atoms with E-state index in [9.17, 15) is 30.4 Å². The lowest BCUT2D eigenvalue weighted by Crippen LogP contribution is -2.15. The van der Waals surface area contributed by atoms with E-state index < -0.39 is 48.7 Å². The van der Waals surface area contributed by atoms with Gasteiger partial charge in [0.05, 0.1) is 63.9 Å². The van der Waals surface area contributed by atoms with Crippen LogP contribution in [-0.4, -0.2) is 69.4 Å². The summed E-state index contributed by atoms with van der Waals surface area (Å²) in [6.07, 6.45) is 1.93. The Balaban J connectivity index is 1.73. The van der Waals surface area contributed by atoms with Crippen LogP contribution in [-0.2, 0) is 62.8 Å². The summed E-state index contributed by atoms with van der Waals surface area (Å²) in [5, 5.41) is 55.8. The minimum Gasteiger partial charge on any atom is -0.505 e. The number of nitrogen functional groups attached to an aromatic ring is 1. The van der Waals surface area contributed by atoms with E-state index in [0.29, 0.717) is 34.5 Å². The molecular formula is C28H25N5O19S6. The van der Waals surface area contributed by atoms with Crippen molar-refractivity contribution in [2.45, 2.75) is 26.5 Å². The van der Waals surface area contributed by atoms with Crippen molar-refractivity contribution in [3.05, 3.63) is 54.1 Å². The predicted octanol–water partition coefficient (Wildman–Crippen LogP) is 6.49. The van der Waals surface area contributed by atoms with Crippen molar-refractivity contribution in [2.75, 3.05) is 25.2 Å². The zero-order chi connectivity index (χ0) is 42.7. The van der Waals surface area contributed by atoms with E-state index in [4.69, 9.17) is 30.1 Å². The number of phenolic OH excluding ortho intramolecular Hbond substituents is 1. The molecule has 0 atom stereocenters. The Labute approximate surface area is 340 Å². The second kappa shape index (κ2) is 20.5. The molecule has 4 aromatic rings. The number of aryl methyl sites for hydroxylation is 1. The summed E-state index contributed by atoms with van der Waals surface area (Å²) in [6.45, 7) is 0.780. The van der Waals surface area contributed by atoms with Crippen LogP contribution in [0.5, 0.6) is 11.5 Å². The highest BCUT2D eigenvalue weighted by Crippen LogP contribution is 2.48. The number of aromatic hydroxyl groups is 1. The number of anilines is 1. The van der Waals surface area contributed by atoms with Crippen molar-refractivity contribution in [3.8, 4) is 22.9 Å². The van der Waals surface area contributed by atoms with Crippen molar-refractivity contribution in [1.29, 1.82) is 0 Å². The number of phenols is 1. The summed E-state index contributed by atoms with van der Waals surface area (Å²) >= 11 is 1.60. The second-order valence-electron chi connectivity index (χ2n) is 10.4. The van der Waals surface area contributed by atoms with E-state index in [1.54, 1.807) is 13.0 Å². The van der Waals surface area contributed by atoms with E-state index >= 15 is 0 Å². The number of methoxy groups -OCH3 is 1. The fraction of sp³-hybridized carbons (Fsp3) is 0.143. The fourth-order valence-corrected chi connectivity index (χ4v) is 7.60. The van der Waals surface area contributed by atoms with Gasteiger partial charge < -0.3 is 15.6 Å². The maximum absolute atomic E-state index is 12.8. The van der Waals surface area contributed by atoms with E-state index in [1.165, 1.54) is 37.4 Å². The molecule has 7 N–H and O–H groups in total. The van der Waals surface area contributed by atoms with E-state index in [1.807, 2.05) is 6.11 Å². The van der Waals surface area contributed by atoms with Crippen LogP contribution in [0, 0.1) is 18.3 Å². The Morgan fingerprint density at radius 3 is 2.10 bits per heavy atom. The number of benzene rings is 4. The first-order valence-electron chi connectivity index (χ1n) is 14.7. The molecule has 0 saturated carbocycles. The van der Waals surface area contributed by atoms with Crippen molar-refractivity contribution < 1.29 is 86.9 Å². The topological polar surface area (TPSA) is 353 Å². The van der Waals surface area contributed by atoms with Crippen LogP contribution in [0.4, 0.5) is 28.4 Å². The molecule has 0 fully saturated rings. The van der Waals surface area contributed by atoms with Crippen molar-refractivity contribution >= 4 is 106 Å². The first kappa shape index (κ1) is 46.3. The molecule has 0 aliphatic rings. The molecule has 0 saturated heterocycles. The largest absolute Gasteiger partial charge is 0.505 e. The molecule has 30 heteroatoms. The second-order valence-corrected chi connectivity index (χ2v) is 16.9. The van der Waals surface area contributed by atoms with Crippen LogP contribution in [0.1, 0.15) is 5.56 Å². The number of ether oxygens (including phenoxy) is 1. The maximum Gasteiger partial charge on any atom is 0.433 e. The first-order valence-corrected chi connectivity index (χ1v) is 21.4. The smallest absolute Gasteiger partial charge is 0.433 e. The Bertz CT molecular complexity index is 2620. The third-order valence-electron chi connectivity index (χ3n) is 6.78. The zero-order valence-corrected chi connectivity index (χ0v) is 33.7. The number of rotatable bonds is 19. The van der Waals surface area contributed by atoms with Gasteiger partial charge in [0.25, 0.3) is 0 Å². The van der Waals surface area contributed by atoms with Crippen molar-refractivity contribution in [2.24, 2.45) is 20.5 Å². The summed E-state index contributed by atoms with van der Waals surface area (Å²) in [5.41, 5.74) is 6.72. The third-order valence-corrected chi connectivity index (χ3v) is 11.3. The number of fused-ring (bicyclic) bond motifs is 1. The number of nitrogens with two attached hydrogens (primary N) is 1. The van der Waals surface area contributed by atoms with Crippen LogP contribution in [0.3, 0.4) is 0 Å². The molecule has 0 unspecified atom stereocenters. The number of azo groups is 2. The number of hydrogen-bond donors (Lipinski definition) is 6. The van der Waals surface area contributed by atoms with Crippen LogP contribution in [0.25, 0.3) is 10.8 Å². The maximum atomic E-state index is 12.8. The molecule has 0 bridgehead atoms. The molecule has 0 heterocycles. The number of thioether (sulfide) groups is 1. The highest BCUT2D eigenvalue weighted by atomic mass is 32.3. The average Bonchev–Trinajstić information content (AvgIpc) is 3.15. The lowest BCUT2D eigenvalue weighted by atomic mass is 10.1. The molecule has 312 valence electrons. The lowest BCUT2D eigenvalue weighted by molar-refractivity contribution is -0.432. The van der Waals surface area contributed by atoms with Gasteiger partial charge in [-0.25, -0.2) is 23.1 Å². The SMILES string of the molecule is COc1cc(SC#COOS(=O)(=O)O)c(C)cc1N=Nc1c(SOOO)cc2c(N=Nc3ccc(S(=O)(=O)CCOS(=O)(=O)O)cc3SOOO)c(N)ccc2c1O. The summed E-state index contributed by atoms with van der Waals surface area (Å²) < 4.78 is 108. The summed E-state index contributed by atoms with van der Waals surface area (Å²) in [5.74, 6) is -1.16. The van der Waals surface area contributed by atoms with Gasteiger partial charge in [0, 0.05) is 20.9 Å². The summed E-state index contributed by atoms with van der Waals surface area (Å²) in [7, 11) is -12.6. The molecule has 0 amide bonds. The summed E-state index contributed by atoms with van der Waals surface area (Å²) in [4.78, 5) is 4.13. The monoisotopic (exact) mass is 927 g/mol. The lowest BCUT2D eigenvalue weighted by Gasteiger charge is -2.12. The van der Waals surface area contributed by atoms with Crippen LogP contribution in [0.2, 0.25) is 0 Å². The van der Waals surface area contributed by atoms with Crippen molar-refractivity contribution in [3.63, 3.8) is 0 Å². The van der Waals surface area contributed by atoms with Crippen LogP contribution < -0.4 is 10.5 Å². The molecule has 0 aliphatic heterocycles. The molecule has 4 rings (SSSR count). The van der Waals surface area contributed by atoms with Crippen LogP contribution in [0.15, 0.2) is 88.6 Å². The molecule has 0 spiro atoms. The fourth-order valence-electron chi connectivity index (χ4n) is 4.37. The van der Waals surface area contributed by atoms with Gasteiger partial charge in [-0.15, -0.1) is 29.1 Å². The molecule has 24 nitrogen and oxygen atoms in total. The predicted molar refractivity (Wildman–Crippen MR) is 201 cm³/mol. The Kier molecular flexibility index (Phi) is 16.4. The highest BCUT2D eigenvalue weighted by molar-refractivity contribution is 8.04. The highest BCUT2D eigenvalue weighted by Gasteiger charge is 2.21. The van der Waals surface area contributed by atoms with Crippen molar-refractivity contribution in [1.82, 2.24) is 0 Å². The molecule has 0 aromatic heterocycles. The zero-order valence-electron chi connectivity index (χ0n) is 28.8. The minimum absolute atomic E-state index is 0.00706. The standard InChI is InChI=1S/C28H25N5O19S6/c1-15-11-21(22(45-2)14-23(15)53-9-7-46-52-58(42,43)44)31-33-27-25(55-51-49-36)13-18-17(28(27)34)4-5-19(29)26(18)32-30-20-6-3-16(12-24(20)54-50-48-35)56(37,38)10-8-47-57(39,40)41/h3-6,11-14,34-36H,8,10,29H2,1-2H3,(H,39,40,41)(H,42,43,44). The molecule has 0 aliphatic carbocycles. The number of hydrogen-bond acceptors (Lipinski definition) is 25. The Hall–Kier alpha value is -4.40. The van der Waals surface area contributed by atoms with Gasteiger partial charge in [-0.1, -0.05) is 10.1 Å². The number of sulfone groups is 1. The Morgan fingerprint density at radius 2 is 1.45 bits per heavy atom. The Morgan fingerprint density at radius 1 is 0.776 bits per heavy atom. The van der Waals surface area contributed by atoms with E-state index in [-0.39, 0.29) is 59.6 Å². The first-order chi connectivity index (χ1) is 27.4.